The third-order valence-corrected chi connectivity index (χ3v) is 3.19. The van der Waals surface area contributed by atoms with Crippen LogP contribution < -0.4 is 5.56 Å². The maximum Gasteiger partial charge on any atom is 0.255 e. The summed E-state index contributed by atoms with van der Waals surface area (Å²) < 4.78 is 0. The lowest BCUT2D eigenvalue weighted by Crippen LogP contribution is -2.39. The first kappa shape index (κ1) is 11.9. The van der Waals surface area contributed by atoms with Gasteiger partial charge in [-0.1, -0.05) is 0 Å². The number of nitrogens with one attached hydrogen (secondary N) is 1. The highest BCUT2D eigenvalue weighted by Crippen LogP contribution is 2.17. The molecule has 0 atom stereocenters. The van der Waals surface area contributed by atoms with Crippen LogP contribution in [0, 0.1) is 5.92 Å². The fourth-order valence-corrected chi connectivity index (χ4v) is 2.04. The van der Waals surface area contributed by atoms with Crippen LogP contribution in [0.5, 0.6) is 0 Å². The molecule has 1 fully saturated rings. The van der Waals surface area contributed by atoms with Crippen molar-refractivity contribution in [1.82, 2.24) is 9.88 Å². The largest absolute Gasteiger partial charge is 0.396 e. The predicted molar refractivity (Wildman–Crippen MR) is 62.8 cm³/mol. The van der Waals surface area contributed by atoms with E-state index in [1.807, 2.05) is 0 Å². The minimum atomic E-state index is -0.208. The van der Waals surface area contributed by atoms with Crippen LogP contribution in [0.1, 0.15) is 23.2 Å². The van der Waals surface area contributed by atoms with Crippen LogP contribution in [-0.4, -0.2) is 40.6 Å². The Bertz CT molecular complexity index is 427. The zero-order valence-corrected chi connectivity index (χ0v) is 9.56. The maximum absolute atomic E-state index is 12.0. The second-order valence-corrected chi connectivity index (χ2v) is 4.36. The molecule has 1 aliphatic heterocycles. The molecule has 0 radical (unpaired) electrons. The van der Waals surface area contributed by atoms with Crippen molar-refractivity contribution >= 4 is 5.91 Å². The first-order chi connectivity index (χ1) is 8.20. The van der Waals surface area contributed by atoms with Crippen LogP contribution in [0.2, 0.25) is 0 Å². The lowest BCUT2D eigenvalue weighted by molar-refractivity contribution is 0.0650. The highest BCUT2D eigenvalue weighted by molar-refractivity contribution is 5.93. The van der Waals surface area contributed by atoms with E-state index in [-0.39, 0.29) is 18.1 Å². The molecular weight excluding hydrogens is 220 g/mol. The highest BCUT2D eigenvalue weighted by Gasteiger charge is 2.22. The normalized spacial score (nSPS) is 17.1. The molecule has 0 bridgehead atoms. The lowest BCUT2D eigenvalue weighted by atomic mass is 9.97. The van der Waals surface area contributed by atoms with E-state index >= 15 is 0 Å². The van der Waals surface area contributed by atoms with E-state index in [0.29, 0.717) is 24.6 Å². The number of aliphatic hydroxyl groups excluding tert-OH is 1. The van der Waals surface area contributed by atoms with Crippen LogP contribution in [-0.2, 0) is 0 Å². The fraction of sp³-hybridized carbons (Fsp3) is 0.500. The van der Waals surface area contributed by atoms with Gasteiger partial charge in [-0.15, -0.1) is 0 Å². The Kier molecular flexibility index (Phi) is 3.58. The average Bonchev–Trinajstić information content (AvgIpc) is 2.39. The molecule has 1 aliphatic rings. The molecule has 1 aromatic heterocycles. The third kappa shape index (κ3) is 2.74. The number of hydrogen-bond acceptors (Lipinski definition) is 3. The number of aliphatic hydroxyl groups is 1. The number of rotatable bonds is 2. The second kappa shape index (κ2) is 5.14. The summed E-state index contributed by atoms with van der Waals surface area (Å²) in [6.07, 6.45) is 3.12. The van der Waals surface area contributed by atoms with Crippen LogP contribution in [0.15, 0.2) is 23.1 Å². The van der Waals surface area contributed by atoms with Crippen molar-refractivity contribution in [3.05, 3.63) is 34.2 Å². The molecule has 5 heteroatoms. The van der Waals surface area contributed by atoms with Crippen LogP contribution in [0.3, 0.4) is 0 Å². The molecular formula is C12H16N2O3. The second-order valence-electron chi connectivity index (χ2n) is 4.36. The lowest BCUT2D eigenvalue weighted by Gasteiger charge is -2.31. The van der Waals surface area contributed by atoms with E-state index in [4.69, 9.17) is 5.11 Å². The summed E-state index contributed by atoms with van der Waals surface area (Å²) >= 11 is 0. The van der Waals surface area contributed by atoms with E-state index < -0.39 is 0 Å². The van der Waals surface area contributed by atoms with Gasteiger partial charge < -0.3 is 15.0 Å². The van der Waals surface area contributed by atoms with Crippen molar-refractivity contribution in [2.24, 2.45) is 5.92 Å². The summed E-state index contributed by atoms with van der Waals surface area (Å²) in [7, 11) is 0. The van der Waals surface area contributed by atoms with Crippen molar-refractivity contribution in [2.45, 2.75) is 12.8 Å². The van der Waals surface area contributed by atoms with Crippen molar-refractivity contribution in [3.8, 4) is 0 Å². The van der Waals surface area contributed by atoms with Crippen molar-refractivity contribution in [2.75, 3.05) is 19.7 Å². The van der Waals surface area contributed by atoms with E-state index in [9.17, 15) is 9.59 Å². The number of H-pyrrole nitrogens is 1. The van der Waals surface area contributed by atoms with Gasteiger partial charge in [0, 0.05) is 32.0 Å². The minimum absolute atomic E-state index is 0.0577. The number of carbonyl (C=O) groups excluding carboxylic acids is 1. The number of pyridine rings is 1. The summed E-state index contributed by atoms with van der Waals surface area (Å²) in [6, 6.07) is 2.90. The molecule has 92 valence electrons. The summed E-state index contributed by atoms with van der Waals surface area (Å²) in [5.41, 5.74) is 0.299. The standard InChI is InChI=1S/C12H16N2O3/c15-8-9-3-5-14(6-4-9)12(17)10-1-2-11(16)13-7-10/h1-2,7,9,15H,3-6,8H2,(H,13,16). The molecule has 1 saturated heterocycles. The molecule has 1 amide bonds. The first-order valence-corrected chi connectivity index (χ1v) is 5.79. The summed E-state index contributed by atoms with van der Waals surface area (Å²) in [4.78, 5) is 27.2. The Morgan fingerprint density at radius 2 is 2.12 bits per heavy atom. The summed E-state index contributed by atoms with van der Waals surface area (Å²) in [6.45, 7) is 1.53. The van der Waals surface area contributed by atoms with E-state index in [1.54, 1.807) is 11.0 Å². The van der Waals surface area contributed by atoms with Crippen LogP contribution in [0.4, 0.5) is 0 Å². The van der Waals surface area contributed by atoms with E-state index in [2.05, 4.69) is 4.98 Å². The van der Waals surface area contributed by atoms with Crippen molar-refractivity contribution in [3.63, 3.8) is 0 Å². The molecule has 0 aromatic carbocycles. The topological polar surface area (TPSA) is 73.4 Å². The number of hydrogen-bond donors (Lipinski definition) is 2. The van der Waals surface area contributed by atoms with Gasteiger partial charge in [-0.2, -0.15) is 0 Å². The highest BCUT2D eigenvalue weighted by atomic mass is 16.3. The smallest absolute Gasteiger partial charge is 0.255 e. The number of aromatic nitrogens is 1. The Morgan fingerprint density at radius 1 is 1.41 bits per heavy atom. The molecule has 1 aromatic rings. The molecule has 0 saturated carbocycles. The molecule has 0 unspecified atom stereocenters. The zero-order chi connectivity index (χ0) is 12.3. The van der Waals surface area contributed by atoms with Gasteiger partial charge in [0.25, 0.3) is 5.91 Å². The Balaban J connectivity index is 2.01. The van der Waals surface area contributed by atoms with Gasteiger partial charge in [-0.25, -0.2) is 0 Å². The Morgan fingerprint density at radius 3 is 2.65 bits per heavy atom. The predicted octanol–water partition coefficient (Wildman–Crippen LogP) is 0.219. The third-order valence-electron chi connectivity index (χ3n) is 3.19. The maximum atomic E-state index is 12.0. The van der Waals surface area contributed by atoms with Crippen molar-refractivity contribution in [1.29, 1.82) is 0 Å². The van der Waals surface area contributed by atoms with Gasteiger partial charge in [0.15, 0.2) is 0 Å². The number of nitrogens with zero attached hydrogens (tertiary/aromatic N) is 1. The van der Waals surface area contributed by atoms with Gasteiger partial charge >= 0.3 is 0 Å². The molecule has 0 aliphatic carbocycles. The molecule has 2 N–H and O–H groups in total. The average molecular weight is 236 g/mol. The number of amides is 1. The molecule has 5 nitrogen and oxygen atoms in total. The van der Waals surface area contributed by atoms with Gasteiger partial charge in [0.2, 0.25) is 5.56 Å². The van der Waals surface area contributed by atoms with Gasteiger partial charge in [-0.05, 0) is 24.8 Å². The van der Waals surface area contributed by atoms with Gasteiger partial charge in [0.1, 0.15) is 0 Å². The molecule has 17 heavy (non-hydrogen) atoms. The Labute approximate surface area is 99.1 Å². The Hall–Kier alpha value is -1.62. The van der Waals surface area contributed by atoms with Gasteiger partial charge in [-0.3, -0.25) is 9.59 Å². The quantitative estimate of drug-likeness (QED) is 0.771. The monoisotopic (exact) mass is 236 g/mol. The first-order valence-electron chi connectivity index (χ1n) is 5.79. The molecule has 0 spiro atoms. The van der Waals surface area contributed by atoms with Crippen molar-refractivity contribution < 1.29 is 9.90 Å². The van der Waals surface area contributed by atoms with E-state index in [0.717, 1.165) is 12.8 Å². The van der Waals surface area contributed by atoms with Crippen LogP contribution in [0.25, 0.3) is 0 Å². The van der Waals surface area contributed by atoms with Crippen LogP contribution >= 0.6 is 0 Å². The molecule has 2 rings (SSSR count). The minimum Gasteiger partial charge on any atom is -0.396 e. The summed E-state index contributed by atoms with van der Waals surface area (Å²) in [5.74, 6) is 0.257. The SMILES string of the molecule is O=C(c1ccc(=O)[nH]c1)N1CCC(CO)CC1. The van der Waals surface area contributed by atoms with Gasteiger partial charge in [0.05, 0.1) is 5.56 Å². The van der Waals surface area contributed by atoms with E-state index in [1.165, 1.54) is 12.3 Å². The fourth-order valence-electron chi connectivity index (χ4n) is 2.04. The number of piperidine rings is 1. The summed E-state index contributed by atoms with van der Waals surface area (Å²) in [5, 5.41) is 9.02. The molecule has 2 heterocycles. The zero-order valence-electron chi connectivity index (χ0n) is 9.56. The number of carbonyl (C=O) groups is 1. The number of likely N-dealkylation sites (tertiary alicyclic amines) is 1. The number of aromatic amines is 1.